The molecule has 0 radical (unpaired) electrons. The molecule has 0 saturated carbocycles. The Morgan fingerprint density at radius 1 is 0.871 bits per heavy atom. The number of hydrogen-bond donors (Lipinski definition) is 1. The van der Waals surface area contributed by atoms with Gasteiger partial charge in [-0.15, -0.1) is 0 Å². The average molecular weight is 439 g/mol. The molecular formula is C24H26N2O4S. The quantitative estimate of drug-likeness (QED) is 0.470. The number of carbonyl (C=O) groups is 1. The maximum Gasteiger partial charge on any atom is 0.264 e. The molecule has 0 aliphatic carbocycles. The molecule has 0 fully saturated rings. The SMILES string of the molecule is CCCCNC(=O)CN(c1ccc(Oc2ccccc2)cc1)S(=O)(=O)c1ccccc1. The molecule has 0 bridgehead atoms. The van der Waals surface area contributed by atoms with E-state index in [1.807, 2.05) is 37.3 Å². The highest BCUT2D eigenvalue weighted by atomic mass is 32.2. The number of carbonyl (C=O) groups excluding carboxylic acids is 1. The first-order valence-corrected chi connectivity index (χ1v) is 11.6. The summed E-state index contributed by atoms with van der Waals surface area (Å²) >= 11 is 0. The molecule has 7 heteroatoms. The Balaban J connectivity index is 1.86. The maximum absolute atomic E-state index is 13.3. The number of nitrogens with zero attached hydrogens (tertiary/aromatic N) is 1. The third kappa shape index (κ3) is 6.08. The van der Waals surface area contributed by atoms with Gasteiger partial charge in [-0.25, -0.2) is 8.42 Å². The van der Waals surface area contributed by atoms with Gasteiger partial charge in [-0.1, -0.05) is 49.7 Å². The van der Waals surface area contributed by atoms with Crippen molar-refractivity contribution in [3.05, 3.63) is 84.9 Å². The van der Waals surface area contributed by atoms with Gasteiger partial charge >= 0.3 is 0 Å². The van der Waals surface area contributed by atoms with Crippen molar-refractivity contribution >= 4 is 21.6 Å². The first kappa shape index (κ1) is 22.4. The summed E-state index contributed by atoms with van der Waals surface area (Å²) in [6.07, 6.45) is 1.78. The van der Waals surface area contributed by atoms with E-state index in [0.29, 0.717) is 23.7 Å². The molecule has 0 saturated heterocycles. The minimum atomic E-state index is -3.92. The monoisotopic (exact) mass is 438 g/mol. The van der Waals surface area contributed by atoms with Crippen molar-refractivity contribution in [2.75, 3.05) is 17.4 Å². The van der Waals surface area contributed by atoms with Crippen LogP contribution in [0.4, 0.5) is 5.69 Å². The lowest BCUT2D eigenvalue weighted by Crippen LogP contribution is -2.41. The largest absolute Gasteiger partial charge is 0.457 e. The predicted octanol–water partition coefficient (Wildman–Crippen LogP) is 4.59. The molecule has 0 heterocycles. The Morgan fingerprint density at radius 3 is 2.06 bits per heavy atom. The molecule has 0 spiro atoms. The number of para-hydroxylation sites is 1. The van der Waals surface area contributed by atoms with Gasteiger partial charge in [0.05, 0.1) is 10.6 Å². The number of unbranched alkanes of at least 4 members (excludes halogenated alkanes) is 1. The molecule has 3 aromatic rings. The summed E-state index contributed by atoms with van der Waals surface area (Å²) in [6, 6.07) is 24.0. The summed E-state index contributed by atoms with van der Waals surface area (Å²) in [5, 5.41) is 2.78. The van der Waals surface area contributed by atoms with E-state index >= 15 is 0 Å². The summed E-state index contributed by atoms with van der Waals surface area (Å²) in [5.41, 5.74) is 0.384. The summed E-state index contributed by atoms with van der Waals surface area (Å²) in [4.78, 5) is 12.6. The number of amides is 1. The zero-order chi connectivity index (χ0) is 22.1. The van der Waals surface area contributed by atoms with Crippen LogP contribution in [0.5, 0.6) is 11.5 Å². The molecular weight excluding hydrogens is 412 g/mol. The van der Waals surface area contributed by atoms with Crippen LogP contribution in [0.2, 0.25) is 0 Å². The van der Waals surface area contributed by atoms with Crippen LogP contribution in [0.3, 0.4) is 0 Å². The lowest BCUT2D eigenvalue weighted by Gasteiger charge is -2.24. The third-order valence-corrected chi connectivity index (χ3v) is 6.36. The van der Waals surface area contributed by atoms with Gasteiger partial charge in [-0.3, -0.25) is 9.10 Å². The molecule has 0 atom stereocenters. The van der Waals surface area contributed by atoms with Gasteiger partial charge in [0.15, 0.2) is 0 Å². The minimum absolute atomic E-state index is 0.126. The Bertz CT molecular complexity index is 1070. The molecule has 1 amide bonds. The van der Waals surface area contributed by atoms with E-state index in [4.69, 9.17) is 4.74 Å². The molecule has 1 N–H and O–H groups in total. The van der Waals surface area contributed by atoms with E-state index in [-0.39, 0.29) is 17.3 Å². The molecule has 0 aromatic heterocycles. The van der Waals surface area contributed by atoms with E-state index in [1.54, 1.807) is 42.5 Å². The van der Waals surface area contributed by atoms with E-state index in [2.05, 4.69) is 5.32 Å². The van der Waals surface area contributed by atoms with Gasteiger partial charge < -0.3 is 10.1 Å². The molecule has 0 aliphatic rings. The second-order valence-corrected chi connectivity index (χ2v) is 8.80. The summed E-state index contributed by atoms with van der Waals surface area (Å²) < 4.78 is 33.5. The van der Waals surface area contributed by atoms with E-state index in [1.165, 1.54) is 12.1 Å². The van der Waals surface area contributed by atoms with Crippen LogP contribution in [0.1, 0.15) is 19.8 Å². The number of sulfonamides is 1. The third-order valence-electron chi connectivity index (χ3n) is 4.57. The fourth-order valence-electron chi connectivity index (χ4n) is 2.93. The fraction of sp³-hybridized carbons (Fsp3) is 0.208. The number of ether oxygens (including phenoxy) is 1. The van der Waals surface area contributed by atoms with Crippen LogP contribution in [-0.2, 0) is 14.8 Å². The zero-order valence-electron chi connectivity index (χ0n) is 17.4. The highest BCUT2D eigenvalue weighted by molar-refractivity contribution is 7.92. The van der Waals surface area contributed by atoms with Crippen molar-refractivity contribution in [2.24, 2.45) is 0 Å². The number of benzene rings is 3. The van der Waals surface area contributed by atoms with Crippen LogP contribution in [0.25, 0.3) is 0 Å². The van der Waals surface area contributed by atoms with Gasteiger partial charge in [0.25, 0.3) is 10.0 Å². The Morgan fingerprint density at radius 2 is 1.45 bits per heavy atom. The summed E-state index contributed by atoms with van der Waals surface area (Å²) in [7, 11) is -3.92. The van der Waals surface area contributed by atoms with Gasteiger partial charge in [-0.05, 0) is 55.0 Å². The molecule has 0 aliphatic heterocycles. The first-order valence-electron chi connectivity index (χ1n) is 10.2. The van der Waals surface area contributed by atoms with Gasteiger partial charge in [0, 0.05) is 6.54 Å². The minimum Gasteiger partial charge on any atom is -0.457 e. The first-order chi connectivity index (χ1) is 15.0. The van der Waals surface area contributed by atoms with Crippen molar-refractivity contribution in [1.29, 1.82) is 0 Å². The van der Waals surface area contributed by atoms with E-state index < -0.39 is 10.0 Å². The zero-order valence-corrected chi connectivity index (χ0v) is 18.2. The molecule has 0 unspecified atom stereocenters. The number of hydrogen-bond acceptors (Lipinski definition) is 4. The van der Waals surface area contributed by atoms with Crippen LogP contribution in [-0.4, -0.2) is 27.4 Å². The highest BCUT2D eigenvalue weighted by Gasteiger charge is 2.27. The van der Waals surface area contributed by atoms with Crippen molar-refractivity contribution in [3.8, 4) is 11.5 Å². The van der Waals surface area contributed by atoms with Gasteiger partial charge in [-0.2, -0.15) is 0 Å². The van der Waals surface area contributed by atoms with Crippen molar-refractivity contribution < 1.29 is 17.9 Å². The van der Waals surface area contributed by atoms with Crippen LogP contribution in [0, 0.1) is 0 Å². The van der Waals surface area contributed by atoms with Crippen molar-refractivity contribution in [3.63, 3.8) is 0 Å². The topological polar surface area (TPSA) is 75.7 Å². The van der Waals surface area contributed by atoms with Gasteiger partial charge in [0.1, 0.15) is 18.0 Å². The molecule has 162 valence electrons. The molecule has 6 nitrogen and oxygen atoms in total. The maximum atomic E-state index is 13.3. The van der Waals surface area contributed by atoms with Crippen LogP contribution in [0.15, 0.2) is 89.8 Å². The van der Waals surface area contributed by atoms with Crippen molar-refractivity contribution in [2.45, 2.75) is 24.7 Å². The molecule has 31 heavy (non-hydrogen) atoms. The predicted molar refractivity (Wildman–Crippen MR) is 122 cm³/mol. The average Bonchev–Trinajstić information content (AvgIpc) is 2.79. The van der Waals surface area contributed by atoms with Gasteiger partial charge in [0.2, 0.25) is 5.91 Å². The lowest BCUT2D eigenvalue weighted by atomic mass is 10.3. The number of nitrogens with one attached hydrogen (secondary N) is 1. The Hall–Kier alpha value is -3.32. The van der Waals surface area contributed by atoms with Crippen LogP contribution < -0.4 is 14.4 Å². The Labute approximate surface area is 183 Å². The summed E-state index contributed by atoms with van der Waals surface area (Å²) in [5.74, 6) is 0.899. The number of anilines is 1. The Kier molecular flexibility index (Phi) is 7.67. The number of rotatable bonds is 10. The van der Waals surface area contributed by atoms with Crippen molar-refractivity contribution in [1.82, 2.24) is 5.32 Å². The van der Waals surface area contributed by atoms with Crippen LogP contribution >= 0.6 is 0 Å². The normalized spacial score (nSPS) is 11.0. The molecule has 3 rings (SSSR count). The summed E-state index contributed by atoms with van der Waals surface area (Å²) in [6.45, 7) is 2.23. The van der Waals surface area contributed by atoms with E-state index in [0.717, 1.165) is 17.1 Å². The van der Waals surface area contributed by atoms with E-state index in [9.17, 15) is 13.2 Å². The highest BCUT2D eigenvalue weighted by Crippen LogP contribution is 2.27. The molecule has 3 aromatic carbocycles. The standard InChI is InChI=1S/C24H26N2O4S/c1-2-3-18-25-24(27)19-26(31(28,29)23-12-8-5-9-13-23)20-14-16-22(17-15-20)30-21-10-6-4-7-11-21/h4-17H,2-3,18-19H2,1H3,(H,25,27). The fourth-order valence-corrected chi connectivity index (χ4v) is 4.37. The second kappa shape index (κ2) is 10.6. The second-order valence-electron chi connectivity index (χ2n) is 6.94. The smallest absolute Gasteiger partial charge is 0.264 e. The lowest BCUT2D eigenvalue weighted by molar-refractivity contribution is -0.119.